The van der Waals surface area contributed by atoms with E-state index in [1.807, 2.05) is 97.1 Å². The van der Waals surface area contributed by atoms with Crippen LogP contribution in [0.4, 0.5) is 0 Å². The van der Waals surface area contributed by atoms with Gasteiger partial charge in [-0.1, -0.05) is 60.7 Å². The van der Waals surface area contributed by atoms with Crippen LogP contribution in [0.5, 0.6) is 23.0 Å². The van der Waals surface area contributed by atoms with Crippen molar-refractivity contribution in [3.8, 4) is 23.0 Å². The van der Waals surface area contributed by atoms with Crippen molar-refractivity contribution in [1.29, 1.82) is 0 Å². The fraction of sp³-hybridized carbons (Fsp3) is 0.417. The van der Waals surface area contributed by atoms with Crippen molar-refractivity contribution in [1.82, 2.24) is 8.61 Å². The van der Waals surface area contributed by atoms with Crippen LogP contribution in [0.25, 0.3) is 0 Å². The van der Waals surface area contributed by atoms with Crippen LogP contribution in [-0.2, 0) is 46.2 Å². The van der Waals surface area contributed by atoms with Gasteiger partial charge in [0.25, 0.3) is 0 Å². The first-order valence-corrected chi connectivity index (χ1v) is 23.8. The minimum absolute atomic E-state index is 0.0307. The zero-order chi connectivity index (χ0) is 45.4. The predicted molar refractivity (Wildman–Crippen MR) is 247 cm³/mol. The molecule has 0 heterocycles. The van der Waals surface area contributed by atoms with Gasteiger partial charge in [0.1, 0.15) is 23.0 Å². The molecule has 12 nitrogen and oxygen atoms in total. The maximum Gasteiger partial charge on any atom is 0.217 e. The van der Waals surface area contributed by atoms with Gasteiger partial charge in [0.05, 0.1) is 38.9 Å². The number of aliphatic hydroxyl groups excluding tert-OH is 2. The highest BCUT2D eigenvalue weighted by Gasteiger charge is 2.33. The lowest BCUT2D eigenvalue weighted by atomic mass is 10.1. The second kappa shape index (κ2) is 27.4. The number of rotatable bonds is 28. The zero-order valence-corrected chi connectivity index (χ0v) is 38.4. The zero-order valence-electron chi connectivity index (χ0n) is 36.7. The maximum atomic E-state index is 13.7. The largest absolute Gasteiger partial charge is 0.497 e. The van der Waals surface area contributed by atoms with Crippen LogP contribution in [0.3, 0.4) is 0 Å². The van der Waals surface area contributed by atoms with Gasteiger partial charge in [-0.25, -0.2) is 16.8 Å². The van der Waals surface area contributed by atoms with Gasteiger partial charge in [-0.2, -0.15) is 8.61 Å². The molecule has 0 aromatic heterocycles. The van der Waals surface area contributed by atoms with Gasteiger partial charge in [0.15, 0.2) is 0 Å². The van der Waals surface area contributed by atoms with E-state index in [0.717, 1.165) is 45.3 Å². The van der Waals surface area contributed by atoms with E-state index in [2.05, 4.69) is 13.2 Å². The Balaban J connectivity index is 0.000000330. The smallest absolute Gasteiger partial charge is 0.217 e. The quantitative estimate of drug-likeness (QED) is 0.0533. The summed E-state index contributed by atoms with van der Waals surface area (Å²) in [5, 5.41) is 17.4. The lowest BCUT2D eigenvalue weighted by molar-refractivity contribution is 0.281. The molecule has 0 saturated carbocycles. The SMILES string of the molecule is C=CCC[C@@H](CCCO)S(=O)(=O)N(Cc1ccc(OC)cc1)Cc1ccc(OC)cc1.C=CCC[C@H](CCCO)S(=O)(=O)N(Cc1ccc(OC)cc1)Cc1ccc(OC)cc1. The van der Waals surface area contributed by atoms with Crippen molar-refractivity contribution < 1.29 is 46.0 Å². The Morgan fingerprint density at radius 3 is 0.903 bits per heavy atom. The molecule has 4 aromatic rings. The van der Waals surface area contributed by atoms with Crippen molar-refractivity contribution in [2.24, 2.45) is 0 Å². The van der Waals surface area contributed by atoms with E-state index in [-0.39, 0.29) is 39.4 Å². The first-order chi connectivity index (χ1) is 29.9. The monoisotopic (exact) mass is 894 g/mol. The van der Waals surface area contributed by atoms with Gasteiger partial charge in [-0.05, 0) is 122 Å². The van der Waals surface area contributed by atoms with Gasteiger partial charge in [-0.15, -0.1) is 13.2 Å². The van der Waals surface area contributed by atoms with Crippen LogP contribution < -0.4 is 18.9 Å². The molecule has 0 amide bonds. The molecule has 4 aromatic carbocycles. The molecule has 0 saturated heterocycles. The Labute approximate surface area is 370 Å². The number of sulfonamides is 2. The summed E-state index contributed by atoms with van der Waals surface area (Å²) in [6.45, 7) is 8.40. The topological polar surface area (TPSA) is 152 Å². The maximum absolute atomic E-state index is 13.7. The fourth-order valence-corrected chi connectivity index (χ4v) is 10.7. The van der Waals surface area contributed by atoms with E-state index >= 15 is 0 Å². The van der Waals surface area contributed by atoms with Crippen molar-refractivity contribution in [2.45, 2.75) is 88.0 Å². The molecule has 0 unspecified atom stereocenters. The van der Waals surface area contributed by atoms with E-state index in [1.165, 1.54) is 8.61 Å². The van der Waals surface area contributed by atoms with Crippen molar-refractivity contribution in [3.63, 3.8) is 0 Å². The Bertz CT molecular complexity index is 1840. The van der Waals surface area contributed by atoms with Crippen LogP contribution in [0, 0.1) is 0 Å². The lowest BCUT2D eigenvalue weighted by Crippen LogP contribution is -2.38. The summed E-state index contributed by atoms with van der Waals surface area (Å²) in [5.74, 6) is 2.89. The number of hydrogen-bond donors (Lipinski definition) is 2. The Morgan fingerprint density at radius 2 is 0.710 bits per heavy atom. The van der Waals surface area contributed by atoms with Crippen LogP contribution in [-0.4, -0.2) is 87.8 Å². The molecular weight excluding hydrogens is 829 g/mol. The molecule has 4 rings (SSSR count). The number of allylic oxidation sites excluding steroid dienone is 2. The predicted octanol–water partition coefficient (Wildman–Crippen LogP) is 8.29. The number of methoxy groups -OCH3 is 4. The molecule has 0 radical (unpaired) electrons. The standard InChI is InChI=1S/2C24H33NO5S/c2*1-4-5-7-24(8-6-17-26)31(27,28)25(18-20-9-13-22(29-2)14-10-20)19-21-11-15-23(30-3)16-12-21/h2*4,9-16,24,26H,1,5-8,17-19H2,2-3H3/t2*24-/m10/s1. The lowest BCUT2D eigenvalue weighted by Gasteiger charge is -2.28. The number of hydrogen-bond acceptors (Lipinski definition) is 10. The van der Waals surface area contributed by atoms with Crippen LogP contribution in [0.1, 0.15) is 73.6 Å². The van der Waals surface area contributed by atoms with Gasteiger partial charge < -0.3 is 29.2 Å². The minimum atomic E-state index is -3.62. The molecular formula is C48H66N2O10S2. The van der Waals surface area contributed by atoms with Gasteiger partial charge in [-0.3, -0.25) is 0 Å². The average Bonchev–Trinajstić information content (AvgIpc) is 3.29. The first-order valence-electron chi connectivity index (χ1n) is 20.8. The number of benzene rings is 4. The van der Waals surface area contributed by atoms with E-state index in [9.17, 15) is 27.0 Å². The van der Waals surface area contributed by atoms with E-state index in [0.29, 0.717) is 51.4 Å². The highest BCUT2D eigenvalue weighted by Crippen LogP contribution is 2.27. The molecule has 14 heteroatoms. The van der Waals surface area contributed by atoms with Crippen LogP contribution in [0.2, 0.25) is 0 Å². The highest BCUT2D eigenvalue weighted by atomic mass is 32.2. The molecule has 0 spiro atoms. The van der Waals surface area contributed by atoms with Gasteiger partial charge in [0, 0.05) is 39.4 Å². The number of nitrogens with zero attached hydrogens (tertiary/aromatic N) is 2. The van der Waals surface area contributed by atoms with E-state index in [1.54, 1.807) is 40.6 Å². The van der Waals surface area contributed by atoms with Gasteiger partial charge in [0.2, 0.25) is 20.0 Å². The molecule has 0 aliphatic heterocycles. The van der Waals surface area contributed by atoms with E-state index < -0.39 is 30.5 Å². The molecule has 0 aliphatic rings. The summed E-state index contributed by atoms with van der Waals surface area (Å²) in [4.78, 5) is 0. The summed E-state index contributed by atoms with van der Waals surface area (Å²) in [7, 11) is -0.855. The Kier molecular flexibility index (Phi) is 22.8. The second-order valence-corrected chi connectivity index (χ2v) is 19.2. The van der Waals surface area contributed by atoms with Crippen molar-refractivity contribution in [3.05, 3.63) is 145 Å². The molecule has 0 fully saturated rings. The summed E-state index contributed by atoms with van der Waals surface area (Å²) in [5.41, 5.74) is 3.51. The Morgan fingerprint density at radius 1 is 0.468 bits per heavy atom. The van der Waals surface area contributed by atoms with Gasteiger partial charge >= 0.3 is 0 Å². The molecule has 340 valence electrons. The van der Waals surface area contributed by atoms with Crippen molar-refractivity contribution in [2.75, 3.05) is 41.7 Å². The summed E-state index contributed by atoms with van der Waals surface area (Å²) < 4.78 is 78.5. The summed E-state index contributed by atoms with van der Waals surface area (Å²) in [6.07, 6.45) is 7.35. The third-order valence-corrected chi connectivity index (χ3v) is 15.0. The second-order valence-electron chi connectivity index (χ2n) is 14.7. The molecule has 0 aliphatic carbocycles. The number of aliphatic hydroxyl groups is 2. The summed E-state index contributed by atoms with van der Waals surface area (Å²) >= 11 is 0. The molecule has 62 heavy (non-hydrogen) atoms. The molecule has 0 bridgehead atoms. The molecule has 2 N–H and O–H groups in total. The van der Waals surface area contributed by atoms with Crippen LogP contribution in [0.15, 0.2) is 122 Å². The number of ether oxygens (including phenoxy) is 4. The molecule has 2 atom stereocenters. The first kappa shape index (κ1) is 51.6. The Hall–Kier alpha value is -4.70. The highest BCUT2D eigenvalue weighted by molar-refractivity contribution is 7.90. The van der Waals surface area contributed by atoms with Crippen molar-refractivity contribution >= 4 is 20.0 Å². The fourth-order valence-electron chi connectivity index (χ4n) is 6.76. The minimum Gasteiger partial charge on any atom is -0.497 e. The van der Waals surface area contributed by atoms with E-state index in [4.69, 9.17) is 18.9 Å². The summed E-state index contributed by atoms with van der Waals surface area (Å²) in [6, 6.07) is 29.6. The third-order valence-electron chi connectivity index (χ3n) is 10.4. The normalized spacial score (nSPS) is 12.5. The third kappa shape index (κ3) is 16.5. The average molecular weight is 895 g/mol. The van der Waals surface area contributed by atoms with Crippen LogP contribution >= 0.6 is 0 Å².